The molecule has 4 nitrogen and oxygen atoms in total. The van der Waals surface area contributed by atoms with Gasteiger partial charge in [0.1, 0.15) is 5.82 Å². The maximum Gasteiger partial charge on any atom is 0.126 e. The molecule has 0 aliphatic carbocycles. The van der Waals surface area contributed by atoms with Crippen LogP contribution in [0.25, 0.3) is 0 Å². The first-order valence-electron chi connectivity index (χ1n) is 5.53. The molecule has 17 heavy (non-hydrogen) atoms. The molecule has 2 N–H and O–H groups in total. The van der Waals surface area contributed by atoms with Gasteiger partial charge in [-0.2, -0.15) is 5.26 Å². The molecule has 0 bridgehead atoms. The van der Waals surface area contributed by atoms with Crippen LogP contribution in [0.4, 0.5) is 10.1 Å². The molecule has 0 amide bonds. The predicted octanol–water partition coefficient (Wildman–Crippen LogP) is 1.10. The lowest BCUT2D eigenvalue weighted by Crippen LogP contribution is -2.45. The number of morpholine rings is 1. The van der Waals surface area contributed by atoms with E-state index in [2.05, 4.69) is 10.6 Å². The van der Waals surface area contributed by atoms with Crippen LogP contribution in [0, 0.1) is 17.1 Å². The summed E-state index contributed by atoms with van der Waals surface area (Å²) >= 11 is 0. The van der Waals surface area contributed by atoms with Crippen LogP contribution in [-0.2, 0) is 4.74 Å². The molecule has 0 radical (unpaired) electrons. The number of halogens is 1. The van der Waals surface area contributed by atoms with Crippen molar-refractivity contribution in [1.82, 2.24) is 5.32 Å². The Balaban J connectivity index is 1.94. The van der Waals surface area contributed by atoms with Crippen LogP contribution in [-0.4, -0.2) is 32.3 Å². The van der Waals surface area contributed by atoms with Gasteiger partial charge in [0.2, 0.25) is 0 Å². The van der Waals surface area contributed by atoms with Crippen molar-refractivity contribution in [3.05, 3.63) is 29.6 Å². The molecule has 1 aromatic rings. The maximum atomic E-state index is 13.1. The number of rotatable bonds is 3. The molecule has 1 heterocycles. The van der Waals surface area contributed by atoms with Crippen LogP contribution >= 0.6 is 0 Å². The van der Waals surface area contributed by atoms with Gasteiger partial charge < -0.3 is 15.4 Å². The molecule has 2 rings (SSSR count). The van der Waals surface area contributed by atoms with Gasteiger partial charge in [0, 0.05) is 24.8 Å². The highest BCUT2D eigenvalue weighted by atomic mass is 19.1. The average Bonchev–Trinajstić information content (AvgIpc) is 2.37. The minimum atomic E-state index is -0.403. The first-order chi connectivity index (χ1) is 8.28. The van der Waals surface area contributed by atoms with E-state index >= 15 is 0 Å². The number of hydrogen-bond acceptors (Lipinski definition) is 4. The molecule has 0 saturated carbocycles. The van der Waals surface area contributed by atoms with E-state index in [0.717, 1.165) is 13.2 Å². The SMILES string of the molecule is N#Cc1cc(F)cc(NCC2COCCN2)c1. The highest BCUT2D eigenvalue weighted by molar-refractivity contribution is 5.49. The zero-order chi connectivity index (χ0) is 12.1. The minimum absolute atomic E-state index is 0.220. The Labute approximate surface area is 99.4 Å². The number of ether oxygens (including phenoxy) is 1. The second-order valence-corrected chi connectivity index (χ2v) is 3.95. The Morgan fingerprint density at radius 1 is 1.53 bits per heavy atom. The Hall–Kier alpha value is -1.64. The number of nitriles is 1. The van der Waals surface area contributed by atoms with E-state index in [1.54, 1.807) is 6.07 Å². The maximum absolute atomic E-state index is 13.1. The summed E-state index contributed by atoms with van der Waals surface area (Å²) < 4.78 is 18.5. The number of nitrogens with zero attached hydrogens (tertiary/aromatic N) is 1. The van der Waals surface area contributed by atoms with Gasteiger partial charge in [0.15, 0.2) is 0 Å². The zero-order valence-electron chi connectivity index (χ0n) is 9.37. The van der Waals surface area contributed by atoms with Crippen molar-refractivity contribution in [2.45, 2.75) is 6.04 Å². The fraction of sp³-hybridized carbons (Fsp3) is 0.417. The van der Waals surface area contributed by atoms with E-state index in [4.69, 9.17) is 10.00 Å². The largest absolute Gasteiger partial charge is 0.383 e. The summed E-state index contributed by atoms with van der Waals surface area (Å²) in [5.74, 6) is -0.403. The van der Waals surface area contributed by atoms with Crippen molar-refractivity contribution in [2.75, 3.05) is 31.6 Å². The third-order valence-electron chi connectivity index (χ3n) is 2.58. The monoisotopic (exact) mass is 235 g/mol. The van der Waals surface area contributed by atoms with E-state index < -0.39 is 5.82 Å². The van der Waals surface area contributed by atoms with Gasteiger partial charge in [0.05, 0.1) is 24.8 Å². The molecular weight excluding hydrogens is 221 g/mol. The normalized spacial score (nSPS) is 19.6. The topological polar surface area (TPSA) is 57.1 Å². The van der Waals surface area contributed by atoms with Crippen molar-refractivity contribution in [1.29, 1.82) is 5.26 Å². The third-order valence-corrected chi connectivity index (χ3v) is 2.58. The summed E-state index contributed by atoms with van der Waals surface area (Å²) in [7, 11) is 0. The highest BCUT2D eigenvalue weighted by Crippen LogP contribution is 2.13. The number of hydrogen-bond donors (Lipinski definition) is 2. The van der Waals surface area contributed by atoms with Crippen LogP contribution in [0.2, 0.25) is 0 Å². The summed E-state index contributed by atoms with van der Waals surface area (Å²) in [4.78, 5) is 0. The molecule has 1 aromatic carbocycles. The van der Waals surface area contributed by atoms with Gasteiger partial charge in [-0.05, 0) is 18.2 Å². The molecule has 1 unspecified atom stereocenters. The quantitative estimate of drug-likeness (QED) is 0.823. The lowest BCUT2D eigenvalue weighted by atomic mass is 10.2. The molecule has 5 heteroatoms. The van der Waals surface area contributed by atoms with E-state index in [1.165, 1.54) is 12.1 Å². The number of nitrogens with one attached hydrogen (secondary N) is 2. The second kappa shape index (κ2) is 5.62. The van der Waals surface area contributed by atoms with Gasteiger partial charge >= 0.3 is 0 Å². The predicted molar refractivity (Wildman–Crippen MR) is 62.2 cm³/mol. The molecule has 1 aliphatic heterocycles. The summed E-state index contributed by atoms with van der Waals surface area (Å²) in [6.45, 7) is 2.86. The highest BCUT2D eigenvalue weighted by Gasteiger charge is 2.12. The van der Waals surface area contributed by atoms with Gasteiger partial charge in [-0.25, -0.2) is 4.39 Å². The zero-order valence-corrected chi connectivity index (χ0v) is 9.37. The van der Waals surface area contributed by atoms with E-state index in [1.807, 2.05) is 6.07 Å². The second-order valence-electron chi connectivity index (χ2n) is 3.95. The van der Waals surface area contributed by atoms with Crippen molar-refractivity contribution in [2.24, 2.45) is 0 Å². The summed E-state index contributed by atoms with van der Waals surface area (Å²) in [5.41, 5.74) is 0.939. The van der Waals surface area contributed by atoms with E-state index in [0.29, 0.717) is 24.4 Å². The van der Waals surface area contributed by atoms with Crippen LogP contribution in [0.5, 0.6) is 0 Å². The number of benzene rings is 1. The van der Waals surface area contributed by atoms with Crippen LogP contribution in [0.1, 0.15) is 5.56 Å². The first kappa shape index (κ1) is 11.8. The van der Waals surface area contributed by atoms with Crippen molar-refractivity contribution in [3.63, 3.8) is 0 Å². The fourth-order valence-electron chi connectivity index (χ4n) is 1.75. The Morgan fingerprint density at radius 2 is 2.41 bits per heavy atom. The molecule has 0 aromatic heterocycles. The molecule has 1 saturated heterocycles. The van der Waals surface area contributed by atoms with Gasteiger partial charge in [-0.3, -0.25) is 0 Å². The summed E-state index contributed by atoms with van der Waals surface area (Å²) in [5, 5.41) is 15.1. The standard InChI is InChI=1S/C12H14FN3O/c13-10-3-9(6-14)4-11(5-10)16-7-12-8-17-2-1-15-12/h3-5,12,15-16H,1-2,7-8H2. The Kier molecular flexibility index (Phi) is 3.91. The molecule has 90 valence electrons. The molecule has 0 spiro atoms. The lowest BCUT2D eigenvalue weighted by Gasteiger charge is -2.24. The van der Waals surface area contributed by atoms with Crippen molar-refractivity contribution < 1.29 is 9.13 Å². The molecule has 1 atom stereocenters. The molecular formula is C12H14FN3O. The molecule has 1 aliphatic rings. The van der Waals surface area contributed by atoms with Crippen molar-refractivity contribution in [3.8, 4) is 6.07 Å². The van der Waals surface area contributed by atoms with E-state index in [-0.39, 0.29) is 6.04 Å². The van der Waals surface area contributed by atoms with Gasteiger partial charge in [0.25, 0.3) is 0 Å². The summed E-state index contributed by atoms with van der Waals surface area (Å²) in [6, 6.07) is 6.37. The van der Waals surface area contributed by atoms with Gasteiger partial charge in [-0.1, -0.05) is 0 Å². The van der Waals surface area contributed by atoms with Crippen LogP contribution in [0.3, 0.4) is 0 Å². The van der Waals surface area contributed by atoms with Gasteiger partial charge in [-0.15, -0.1) is 0 Å². The summed E-state index contributed by atoms with van der Waals surface area (Å²) in [6.07, 6.45) is 0. The first-order valence-corrected chi connectivity index (χ1v) is 5.53. The average molecular weight is 235 g/mol. The Morgan fingerprint density at radius 3 is 3.12 bits per heavy atom. The third kappa shape index (κ3) is 3.41. The molecule has 1 fully saturated rings. The fourth-order valence-corrected chi connectivity index (χ4v) is 1.75. The van der Waals surface area contributed by atoms with Crippen LogP contribution < -0.4 is 10.6 Å². The van der Waals surface area contributed by atoms with Crippen LogP contribution in [0.15, 0.2) is 18.2 Å². The lowest BCUT2D eigenvalue weighted by molar-refractivity contribution is 0.0806. The van der Waals surface area contributed by atoms with Crippen molar-refractivity contribution >= 4 is 5.69 Å². The smallest absolute Gasteiger partial charge is 0.126 e. The Bertz CT molecular complexity index is 424. The minimum Gasteiger partial charge on any atom is -0.383 e. The number of anilines is 1. The van der Waals surface area contributed by atoms with E-state index in [9.17, 15) is 4.39 Å².